The summed E-state index contributed by atoms with van der Waals surface area (Å²) in [4.78, 5) is 23.9. The highest BCUT2D eigenvalue weighted by Gasteiger charge is 2.24. The number of hydrogen-bond acceptors (Lipinski definition) is 3. The van der Waals surface area contributed by atoms with Crippen LogP contribution >= 0.6 is 0 Å². The molecule has 0 aromatic heterocycles. The van der Waals surface area contributed by atoms with Gasteiger partial charge in [0, 0.05) is 5.56 Å². The Balaban J connectivity index is 2.67. The molecule has 0 saturated carbocycles. The standard InChI is InChI=1S/C15H22N2O3/c1-10-6-7-13(11(2)8-10)9-17(4)12(3)14(18)16-15(19)20-5/h6-8,12H,9H2,1-5H3,(H,16,18,19)/p+1/t12-/m0/s1. The first-order valence-corrected chi connectivity index (χ1v) is 6.62. The molecule has 1 rings (SSSR count). The molecule has 1 unspecified atom stereocenters. The summed E-state index contributed by atoms with van der Waals surface area (Å²) in [6, 6.07) is 5.94. The zero-order chi connectivity index (χ0) is 15.3. The second-order valence-corrected chi connectivity index (χ2v) is 5.16. The lowest BCUT2D eigenvalue weighted by Crippen LogP contribution is -3.12. The van der Waals surface area contributed by atoms with E-state index in [1.54, 1.807) is 6.92 Å². The zero-order valence-corrected chi connectivity index (χ0v) is 12.7. The first-order valence-electron chi connectivity index (χ1n) is 6.62. The minimum absolute atomic E-state index is 0.334. The fourth-order valence-corrected chi connectivity index (χ4v) is 1.98. The van der Waals surface area contributed by atoms with Crippen LogP contribution in [0, 0.1) is 13.8 Å². The lowest BCUT2D eigenvalue weighted by Gasteiger charge is -2.21. The molecule has 0 aliphatic carbocycles. The second-order valence-electron chi connectivity index (χ2n) is 5.16. The van der Waals surface area contributed by atoms with E-state index in [1.807, 2.05) is 7.05 Å². The highest BCUT2D eigenvalue weighted by molar-refractivity contribution is 5.93. The van der Waals surface area contributed by atoms with Gasteiger partial charge in [-0.3, -0.25) is 10.1 Å². The maximum Gasteiger partial charge on any atom is 0.413 e. The van der Waals surface area contributed by atoms with Crippen molar-refractivity contribution in [3.63, 3.8) is 0 Å². The van der Waals surface area contributed by atoms with E-state index < -0.39 is 6.09 Å². The molecule has 0 aliphatic rings. The molecule has 0 bridgehead atoms. The number of hydrogen-bond donors (Lipinski definition) is 2. The van der Waals surface area contributed by atoms with Crippen molar-refractivity contribution in [2.75, 3.05) is 14.2 Å². The van der Waals surface area contributed by atoms with Crippen LogP contribution in [0.1, 0.15) is 23.6 Å². The van der Waals surface area contributed by atoms with Crippen LogP contribution in [-0.2, 0) is 16.1 Å². The van der Waals surface area contributed by atoms with E-state index in [2.05, 4.69) is 42.1 Å². The number of quaternary nitrogens is 1. The number of rotatable bonds is 4. The van der Waals surface area contributed by atoms with Gasteiger partial charge in [0.05, 0.1) is 14.2 Å². The van der Waals surface area contributed by atoms with Crippen molar-refractivity contribution < 1.29 is 19.2 Å². The van der Waals surface area contributed by atoms with Crippen molar-refractivity contribution in [2.45, 2.75) is 33.4 Å². The molecule has 1 aromatic carbocycles. The number of nitrogens with one attached hydrogen (secondary N) is 2. The smallest absolute Gasteiger partial charge is 0.413 e. The lowest BCUT2D eigenvalue weighted by molar-refractivity contribution is -0.908. The van der Waals surface area contributed by atoms with Gasteiger partial charge < -0.3 is 9.64 Å². The number of methoxy groups -OCH3 is 1. The predicted molar refractivity (Wildman–Crippen MR) is 76.5 cm³/mol. The number of alkyl carbamates (subject to hydrolysis) is 1. The summed E-state index contributed by atoms with van der Waals surface area (Å²) in [5.41, 5.74) is 3.64. The van der Waals surface area contributed by atoms with Gasteiger partial charge in [0.1, 0.15) is 6.54 Å². The van der Waals surface area contributed by atoms with E-state index in [0.29, 0.717) is 0 Å². The molecule has 2 amide bonds. The number of likely N-dealkylation sites (N-methyl/N-ethyl adjacent to an activating group) is 1. The Kier molecular flexibility index (Phi) is 5.70. The number of benzene rings is 1. The van der Waals surface area contributed by atoms with Gasteiger partial charge in [0.15, 0.2) is 6.04 Å². The molecule has 110 valence electrons. The Bertz CT molecular complexity index is 500. The SMILES string of the molecule is COC(=O)NC(=O)[C@H](C)[NH+](C)Cc1ccc(C)cc1C. The van der Waals surface area contributed by atoms with Crippen molar-refractivity contribution in [2.24, 2.45) is 0 Å². The van der Waals surface area contributed by atoms with E-state index >= 15 is 0 Å². The van der Waals surface area contributed by atoms with Crippen LogP contribution in [0.3, 0.4) is 0 Å². The van der Waals surface area contributed by atoms with Crippen molar-refractivity contribution in [1.82, 2.24) is 5.32 Å². The highest BCUT2D eigenvalue weighted by Crippen LogP contribution is 2.09. The highest BCUT2D eigenvalue weighted by atomic mass is 16.5. The molecule has 0 aliphatic heterocycles. The van der Waals surface area contributed by atoms with Crippen molar-refractivity contribution in [1.29, 1.82) is 0 Å². The average molecular weight is 279 g/mol. The normalized spacial score (nSPS) is 13.4. The van der Waals surface area contributed by atoms with E-state index in [1.165, 1.54) is 23.8 Å². The van der Waals surface area contributed by atoms with Gasteiger partial charge in [-0.25, -0.2) is 4.79 Å². The van der Waals surface area contributed by atoms with Crippen LogP contribution in [0.4, 0.5) is 4.79 Å². The summed E-state index contributed by atoms with van der Waals surface area (Å²) < 4.78 is 4.42. The number of carbonyl (C=O) groups is 2. The summed E-state index contributed by atoms with van der Waals surface area (Å²) in [7, 11) is 3.17. The number of carbonyl (C=O) groups excluding carboxylic acids is 2. The lowest BCUT2D eigenvalue weighted by atomic mass is 10.0. The van der Waals surface area contributed by atoms with Crippen LogP contribution in [0.15, 0.2) is 18.2 Å². The maximum absolute atomic E-state index is 11.9. The van der Waals surface area contributed by atoms with Gasteiger partial charge in [0.25, 0.3) is 5.91 Å². The predicted octanol–water partition coefficient (Wildman–Crippen LogP) is 0.589. The molecule has 0 spiro atoms. The minimum atomic E-state index is -0.721. The van der Waals surface area contributed by atoms with Crippen molar-refractivity contribution in [3.05, 3.63) is 34.9 Å². The summed E-state index contributed by atoms with van der Waals surface area (Å²) in [5.74, 6) is -0.334. The third kappa shape index (κ3) is 4.35. The first kappa shape index (κ1) is 16.2. The summed E-state index contributed by atoms with van der Waals surface area (Å²) in [6.45, 7) is 6.63. The molecule has 0 saturated heterocycles. The monoisotopic (exact) mass is 279 g/mol. The second kappa shape index (κ2) is 7.05. The van der Waals surface area contributed by atoms with Gasteiger partial charge >= 0.3 is 6.09 Å². The third-order valence-corrected chi connectivity index (χ3v) is 3.51. The summed E-state index contributed by atoms with van der Waals surface area (Å²) >= 11 is 0. The molecule has 0 radical (unpaired) electrons. The third-order valence-electron chi connectivity index (χ3n) is 3.51. The molecular weight excluding hydrogens is 256 g/mol. The molecule has 2 N–H and O–H groups in total. The fraction of sp³-hybridized carbons (Fsp3) is 0.467. The number of ether oxygens (including phenoxy) is 1. The van der Waals surface area contributed by atoms with Crippen LogP contribution in [0.2, 0.25) is 0 Å². The van der Waals surface area contributed by atoms with Crippen molar-refractivity contribution in [3.8, 4) is 0 Å². The number of amides is 2. The Morgan fingerprint density at radius 2 is 2.00 bits per heavy atom. The Labute approximate surface area is 119 Å². The fourth-order valence-electron chi connectivity index (χ4n) is 1.98. The van der Waals surface area contributed by atoms with E-state index in [0.717, 1.165) is 11.4 Å². The van der Waals surface area contributed by atoms with Crippen LogP contribution in [0.5, 0.6) is 0 Å². The Morgan fingerprint density at radius 3 is 2.55 bits per heavy atom. The molecular formula is C15H23N2O3+. The number of imide groups is 1. The largest absolute Gasteiger partial charge is 0.453 e. The quantitative estimate of drug-likeness (QED) is 0.848. The molecule has 0 heterocycles. The van der Waals surface area contributed by atoms with Gasteiger partial charge in [-0.05, 0) is 26.3 Å². The van der Waals surface area contributed by atoms with Gasteiger partial charge in [-0.2, -0.15) is 0 Å². The number of aryl methyl sites for hydroxylation is 2. The minimum Gasteiger partial charge on any atom is -0.453 e. The molecule has 5 heteroatoms. The molecule has 0 fully saturated rings. The average Bonchev–Trinajstić information content (AvgIpc) is 2.40. The Morgan fingerprint density at radius 1 is 1.35 bits per heavy atom. The molecule has 20 heavy (non-hydrogen) atoms. The summed E-state index contributed by atoms with van der Waals surface area (Å²) in [5, 5.41) is 2.20. The van der Waals surface area contributed by atoms with E-state index in [4.69, 9.17) is 0 Å². The first-order chi connectivity index (χ1) is 9.35. The maximum atomic E-state index is 11.9. The van der Waals surface area contributed by atoms with E-state index in [-0.39, 0.29) is 11.9 Å². The molecule has 5 nitrogen and oxygen atoms in total. The summed E-state index contributed by atoms with van der Waals surface area (Å²) in [6.07, 6.45) is -0.721. The Hall–Kier alpha value is -1.88. The zero-order valence-electron chi connectivity index (χ0n) is 12.7. The molecule has 2 atom stereocenters. The van der Waals surface area contributed by atoms with Gasteiger partial charge in [0.2, 0.25) is 0 Å². The topological polar surface area (TPSA) is 59.8 Å². The van der Waals surface area contributed by atoms with Crippen molar-refractivity contribution >= 4 is 12.0 Å². The van der Waals surface area contributed by atoms with Gasteiger partial charge in [-0.15, -0.1) is 0 Å². The van der Waals surface area contributed by atoms with Gasteiger partial charge in [-0.1, -0.05) is 23.8 Å². The molecule has 1 aromatic rings. The van der Waals surface area contributed by atoms with Crippen LogP contribution in [-0.4, -0.2) is 32.2 Å². The van der Waals surface area contributed by atoms with E-state index in [9.17, 15) is 9.59 Å². The van der Waals surface area contributed by atoms with Crippen LogP contribution < -0.4 is 10.2 Å². The van der Waals surface area contributed by atoms with Crippen LogP contribution in [0.25, 0.3) is 0 Å².